The zero-order valence-corrected chi connectivity index (χ0v) is 5.87. The van der Waals surface area contributed by atoms with E-state index in [4.69, 9.17) is 0 Å². The highest BCUT2D eigenvalue weighted by molar-refractivity contribution is 6.83. The van der Waals surface area contributed by atoms with Gasteiger partial charge in [-0.1, -0.05) is 35.8 Å². The third-order valence-electron chi connectivity index (χ3n) is 1.17. The maximum absolute atomic E-state index is 10.6. The van der Waals surface area contributed by atoms with Crippen molar-refractivity contribution >= 4 is 18.4 Å². The molecule has 0 aromatic heterocycles. The first-order chi connectivity index (χ1) is 4.79. The molecular formula is C8H8BO. The van der Waals surface area contributed by atoms with Gasteiger partial charge in [0.2, 0.25) is 7.28 Å². The Morgan fingerprint density at radius 1 is 1.30 bits per heavy atom. The van der Waals surface area contributed by atoms with Crippen molar-refractivity contribution in [3.63, 3.8) is 0 Å². The number of hydrogen-bond acceptors (Lipinski definition) is 1. The molecule has 1 rings (SSSR count). The molecule has 0 unspecified atom stereocenters. The zero-order chi connectivity index (χ0) is 7.40. The molecule has 0 bridgehead atoms. The summed E-state index contributed by atoms with van der Waals surface area (Å²) in [5.41, 5.74) is 1.06. The minimum absolute atomic E-state index is 0.0891. The molecule has 0 N–H and O–H groups in total. The van der Waals surface area contributed by atoms with Gasteiger partial charge in [0.15, 0.2) is 0 Å². The average molecular weight is 131 g/mol. The van der Waals surface area contributed by atoms with Crippen molar-refractivity contribution in [1.82, 2.24) is 0 Å². The molecule has 2 heteroatoms. The lowest BCUT2D eigenvalue weighted by Crippen LogP contribution is -2.20. The molecule has 1 aromatic rings. The monoisotopic (exact) mass is 131 g/mol. The first-order valence-electron chi connectivity index (χ1n) is 3.19. The average Bonchev–Trinajstić information content (AvgIpc) is 1.88. The predicted molar refractivity (Wildman–Crippen MR) is 42.5 cm³/mol. The Morgan fingerprint density at radius 2 is 1.90 bits per heavy atom. The molecule has 0 atom stereocenters. The number of carbonyl (C=O) groups is 1. The van der Waals surface area contributed by atoms with Gasteiger partial charge in [-0.25, -0.2) is 0 Å². The molecule has 0 fully saturated rings. The molecule has 0 aliphatic heterocycles. The summed E-state index contributed by atoms with van der Waals surface area (Å²) in [5, 5.41) is 0. The lowest BCUT2D eigenvalue weighted by Gasteiger charge is -1.91. The van der Waals surface area contributed by atoms with Gasteiger partial charge in [0.25, 0.3) is 0 Å². The van der Waals surface area contributed by atoms with Gasteiger partial charge in [-0.3, -0.25) is 0 Å². The van der Waals surface area contributed by atoms with E-state index in [9.17, 15) is 4.79 Å². The SMILES string of the molecule is CC(=O)[B]c1ccccc1. The van der Waals surface area contributed by atoms with Crippen molar-refractivity contribution in [2.75, 3.05) is 0 Å². The summed E-state index contributed by atoms with van der Waals surface area (Å²) in [7, 11) is 1.61. The molecule has 0 aliphatic carbocycles. The summed E-state index contributed by atoms with van der Waals surface area (Å²) in [6, 6.07) is 9.56. The molecule has 0 saturated heterocycles. The first-order valence-corrected chi connectivity index (χ1v) is 3.19. The zero-order valence-electron chi connectivity index (χ0n) is 5.87. The maximum atomic E-state index is 10.6. The van der Waals surface area contributed by atoms with Gasteiger partial charge in [-0.2, -0.15) is 0 Å². The topological polar surface area (TPSA) is 17.1 Å². The fourth-order valence-electron chi connectivity index (χ4n) is 0.784. The second-order valence-corrected chi connectivity index (χ2v) is 2.17. The Hall–Kier alpha value is -1.05. The fourth-order valence-corrected chi connectivity index (χ4v) is 0.784. The number of carbonyl (C=O) groups excluding carboxylic acids is 1. The van der Waals surface area contributed by atoms with Crippen LogP contribution in [0.4, 0.5) is 0 Å². The van der Waals surface area contributed by atoms with Gasteiger partial charge >= 0.3 is 0 Å². The quantitative estimate of drug-likeness (QED) is 0.536. The first kappa shape index (κ1) is 7.07. The molecule has 49 valence electrons. The van der Waals surface area contributed by atoms with Crippen molar-refractivity contribution in [3.05, 3.63) is 30.3 Å². The van der Waals surface area contributed by atoms with Crippen LogP contribution in [0, 0.1) is 0 Å². The lowest BCUT2D eigenvalue weighted by atomic mass is 9.67. The highest BCUT2D eigenvalue weighted by atomic mass is 16.1. The number of benzene rings is 1. The molecule has 10 heavy (non-hydrogen) atoms. The Balaban J connectivity index is 2.67. The fraction of sp³-hybridized carbons (Fsp3) is 0.125. The number of rotatable bonds is 2. The van der Waals surface area contributed by atoms with Gasteiger partial charge in [-0.05, 0) is 6.92 Å². The molecule has 1 nitrogen and oxygen atoms in total. The van der Waals surface area contributed by atoms with Crippen LogP contribution in [0.2, 0.25) is 0 Å². The van der Waals surface area contributed by atoms with Crippen molar-refractivity contribution in [2.45, 2.75) is 6.92 Å². The van der Waals surface area contributed by atoms with E-state index in [1.807, 2.05) is 30.3 Å². The minimum atomic E-state index is 0.0891. The van der Waals surface area contributed by atoms with E-state index in [0.29, 0.717) is 0 Å². The van der Waals surface area contributed by atoms with Gasteiger partial charge in [-0.15, -0.1) is 0 Å². The van der Waals surface area contributed by atoms with E-state index in [1.165, 1.54) is 0 Å². The molecule has 0 amide bonds. The second kappa shape index (κ2) is 3.21. The summed E-state index contributed by atoms with van der Waals surface area (Å²) >= 11 is 0. The van der Waals surface area contributed by atoms with Crippen LogP contribution in [0.3, 0.4) is 0 Å². The van der Waals surface area contributed by atoms with Gasteiger partial charge in [0.1, 0.15) is 0 Å². The summed E-state index contributed by atoms with van der Waals surface area (Å²) in [6.45, 7) is 1.55. The van der Waals surface area contributed by atoms with Crippen molar-refractivity contribution < 1.29 is 4.79 Å². The van der Waals surface area contributed by atoms with Crippen molar-refractivity contribution in [3.8, 4) is 0 Å². The van der Waals surface area contributed by atoms with Crippen LogP contribution in [0.15, 0.2) is 30.3 Å². The minimum Gasteiger partial charge on any atom is -0.312 e. The molecule has 0 aliphatic rings. The summed E-state index contributed by atoms with van der Waals surface area (Å²) < 4.78 is 0. The van der Waals surface area contributed by atoms with Crippen LogP contribution >= 0.6 is 0 Å². The highest BCUT2D eigenvalue weighted by Gasteiger charge is 1.97. The van der Waals surface area contributed by atoms with E-state index in [0.717, 1.165) is 5.46 Å². The lowest BCUT2D eigenvalue weighted by molar-refractivity contribution is -0.110. The molecule has 1 aromatic carbocycles. The van der Waals surface area contributed by atoms with Crippen LogP contribution in [0.1, 0.15) is 6.92 Å². The van der Waals surface area contributed by atoms with Crippen LogP contribution in [-0.2, 0) is 4.79 Å². The Bertz CT molecular complexity index is 218. The van der Waals surface area contributed by atoms with Crippen molar-refractivity contribution in [2.24, 2.45) is 0 Å². The van der Waals surface area contributed by atoms with E-state index in [-0.39, 0.29) is 5.68 Å². The Labute approximate surface area is 61.3 Å². The summed E-state index contributed by atoms with van der Waals surface area (Å²) in [5.74, 6) is 0. The van der Waals surface area contributed by atoms with E-state index < -0.39 is 0 Å². The van der Waals surface area contributed by atoms with E-state index in [1.54, 1.807) is 14.2 Å². The molecule has 1 radical (unpaired) electrons. The summed E-state index contributed by atoms with van der Waals surface area (Å²) in [6.07, 6.45) is 0. The standard InChI is InChI=1S/C8H8BO/c1-7(10)9-8-5-3-2-4-6-8/h2-6H,1H3. The van der Waals surface area contributed by atoms with Gasteiger partial charge < -0.3 is 4.79 Å². The van der Waals surface area contributed by atoms with Crippen molar-refractivity contribution in [1.29, 1.82) is 0 Å². The third-order valence-corrected chi connectivity index (χ3v) is 1.17. The number of hydrogen-bond donors (Lipinski definition) is 0. The summed E-state index contributed by atoms with van der Waals surface area (Å²) in [4.78, 5) is 10.6. The van der Waals surface area contributed by atoms with Crippen LogP contribution in [-0.4, -0.2) is 13.0 Å². The second-order valence-electron chi connectivity index (χ2n) is 2.17. The predicted octanol–water partition coefficient (Wildman–Crippen LogP) is 0.563. The van der Waals surface area contributed by atoms with Gasteiger partial charge in [0.05, 0.1) is 5.68 Å². The largest absolute Gasteiger partial charge is 0.312 e. The highest BCUT2D eigenvalue weighted by Crippen LogP contribution is 1.80. The normalized spacial score (nSPS) is 8.90. The van der Waals surface area contributed by atoms with E-state index >= 15 is 0 Å². The smallest absolute Gasteiger partial charge is 0.240 e. The molecule has 0 heterocycles. The maximum Gasteiger partial charge on any atom is 0.240 e. The molecular weight excluding hydrogens is 123 g/mol. The van der Waals surface area contributed by atoms with Crippen LogP contribution in [0.5, 0.6) is 0 Å². The molecule has 0 saturated carbocycles. The van der Waals surface area contributed by atoms with E-state index in [2.05, 4.69) is 0 Å². The van der Waals surface area contributed by atoms with Crippen LogP contribution < -0.4 is 5.46 Å². The van der Waals surface area contributed by atoms with Crippen LogP contribution in [0.25, 0.3) is 0 Å². The Morgan fingerprint density at radius 3 is 2.40 bits per heavy atom. The van der Waals surface area contributed by atoms with Gasteiger partial charge in [0, 0.05) is 0 Å². The third kappa shape index (κ3) is 2.06. The molecule has 0 spiro atoms. The Kier molecular flexibility index (Phi) is 2.27.